The maximum absolute atomic E-state index is 11.6. The standard InChI is InChI=1S/C9H6N2O3S2/c12-8(6-3-15-4-10-6)11-5-1-2-16-7(5)9(13)14/h1-4H,(H,11,12)(H,13,14). The first-order valence-corrected chi connectivity index (χ1v) is 6.01. The molecule has 0 aliphatic carbocycles. The first-order chi connectivity index (χ1) is 7.68. The molecule has 2 heterocycles. The topological polar surface area (TPSA) is 79.3 Å². The number of hydrogen-bond donors (Lipinski definition) is 2. The molecular weight excluding hydrogens is 248 g/mol. The molecule has 0 aliphatic rings. The van der Waals surface area contributed by atoms with Gasteiger partial charge in [-0.2, -0.15) is 0 Å². The fourth-order valence-electron chi connectivity index (χ4n) is 1.08. The summed E-state index contributed by atoms with van der Waals surface area (Å²) in [6.07, 6.45) is 0. The quantitative estimate of drug-likeness (QED) is 0.879. The monoisotopic (exact) mass is 254 g/mol. The molecule has 2 aromatic heterocycles. The number of carbonyl (C=O) groups excluding carboxylic acids is 1. The molecule has 82 valence electrons. The maximum Gasteiger partial charge on any atom is 0.348 e. The van der Waals surface area contributed by atoms with Gasteiger partial charge in [-0.05, 0) is 11.4 Å². The number of anilines is 1. The molecule has 0 atom stereocenters. The van der Waals surface area contributed by atoms with E-state index < -0.39 is 11.9 Å². The second-order valence-electron chi connectivity index (χ2n) is 2.80. The molecule has 2 rings (SSSR count). The summed E-state index contributed by atoms with van der Waals surface area (Å²) < 4.78 is 0. The van der Waals surface area contributed by atoms with Crippen molar-refractivity contribution in [1.82, 2.24) is 4.98 Å². The fraction of sp³-hybridized carbons (Fsp3) is 0. The molecule has 0 saturated heterocycles. The Bertz CT molecular complexity index is 519. The van der Waals surface area contributed by atoms with E-state index in [2.05, 4.69) is 10.3 Å². The zero-order valence-corrected chi connectivity index (χ0v) is 9.47. The minimum Gasteiger partial charge on any atom is -0.477 e. The predicted molar refractivity (Wildman–Crippen MR) is 61.3 cm³/mol. The van der Waals surface area contributed by atoms with Gasteiger partial charge in [-0.25, -0.2) is 9.78 Å². The van der Waals surface area contributed by atoms with E-state index in [1.54, 1.807) is 22.3 Å². The highest BCUT2D eigenvalue weighted by molar-refractivity contribution is 7.12. The van der Waals surface area contributed by atoms with E-state index in [1.165, 1.54) is 11.3 Å². The SMILES string of the molecule is O=C(Nc1ccsc1C(=O)O)c1cscn1. The van der Waals surface area contributed by atoms with E-state index in [0.717, 1.165) is 11.3 Å². The van der Waals surface area contributed by atoms with Crippen LogP contribution in [0.3, 0.4) is 0 Å². The Kier molecular flexibility index (Phi) is 2.97. The lowest BCUT2D eigenvalue weighted by molar-refractivity contribution is 0.0703. The molecule has 0 bridgehead atoms. The van der Waals surface area contributed by atoms with Crippen molar-refractivity contribution in [2.45, 2.75) is 0 Å². The molecule has 0 spiro atoms. The number of nitrogens with zero attached hydrogens (tertiary/aromatic N) is 1. The molecule has 7 heteroatoms. The largest absolute Gasteiger partial charge is 0.477 e. The average Bonchev–Trinajstić information content (AvgIpc) is 2.86. The third kappa shape index (κ3) is 2.10. The van der Waals surface area contributed by atoms with Crippen LogP contribution in [0.5, 0.6) is 0 Å². The number of rotatable bonds is 3. The van der Waals surface area contributed by atoms with Gasteiger partial charge in [0.25, 0.3) is 5.91 Å². The Hall–Kier alpha value is -1.73. The van der Waals surface area contributed by atoms with Crippen LogP contribution < -0.4 is 5.32 Å². The summed E-state index contributed by atoms with van der Waals surface area (Å²) >= 11 is 2.37. The number of hydrogen-bond acceptors (Lipinski definition) is 5. The van der Waals surface area contributed by atoms with Gasteiger partial charge < -0.3 is 10.4 Å². The normalized spacial score (nSPS) is 10.0. The number of thiazole rings is 1. The molecule has 0 unspecified atom stereocenters. The molecule has 2 N–H and O–H groups in total. The van der Waals surface area contributed by atoms with Crippen molar-refractivity contribution in [3.8, 4) is 0 Å². The number of nitrogens with one attached hydrogen (secondary N) is 1. The van der Waals surface area contributed by atoms with Crippen molar-refractivity contribution < 1.29 is 14.7 Å². The van der Waals surface area contributed by atoms with E-state index in [-0.39, 0.29) is 10.6 Å². The van der Waals surface area contributed by atoms with Crippen LogP contribution in [0.2, 0.25) is 0 Å². The van der Waals surface area contributed by atoms with Crippen molar-refractivity contribution in [1.29, 1.82) is 0 Å². The summed E-state index contributed by atoms with van der Waals surface area (Å²) in [5.41, 5.74) is 2.13. The Balaban J connectivity index is 2.18. The minimum atomic E-state index is -1.05. The van der Waals surface area contributed by atoms with Crippen molar-refractivity contribution in [3.05, 3.63) is 32.9 Å². The van der Waals surface area contributed by atoms with Crippen LogP contribution in [0.15, 0.2) is 22.3 Å². The van der Waals surface area contributed by atoms with Crippen LogP contribution in [0.1, 0.15) is 20.2 Å². The Morgan fingerprint density at radius 3 is 2.88 bits per heavy atom. The van der Waals surface area contributed by atoms with E-state index in [1.807, 2.05) is 0 Å². The van der Waals surface area contributed by atoms with Crippen molar-refractivity contribution in [2.75, 3.05) is 5.32 Å². The van der Waals surface area contributed by atoms with Gasteiger partial charge in [-0.15, -0.1) is 22.7 Å². The summed E-state index contributed by atoms with van der Waals surface area (Å²) in [5.74, 6) is -1.45. The molecular formula is C9H6N2O3S2. The molecule has 0 radical (unpaired) electrons. The number of thiophene rings is 1. The molecule has 2 aromatic rings. The van der Waals surface area contributed by atoms with Crippen LogP contribution >= 0.6 is 22.7 Å². The summed E-state index contributed by atoms with van der Waals surface area (Å²) in [4.78, 5) is 26.3. The molecule has 0 aromatic carbocycles. The lowest BCUT2D eigenvalue weighted by atomic mass is 10.3. The summed E-state index contributed by atoms with van der Waals surface area (Å²) in [6.45, 7) is 0. The third-order valence-corrected chi connectivity index (χ3v) is 3.26. The zero-order valence-electron chi connectivity index (χ0n) is 7.84. The van der Waals surface area contributed by atoms with Crippen LogP contribution in [0, 0.1) is 0 Å². The van der Waals surface area contributed by atoms with Gasteiger partial charge in [0.15, 0.2) is 0 Å². The van der Waals surface area contributed by atoms with Crippen LogP contribution in [-0.2, 0) is 0 Å². The van der Waals surface area contributed by atoms with Crippen LogP contribution in [0.25, 0.3) is 0 Å². The Morgan fingerprint density at radius 2 is 2.25 bits per heavy atom. The third-order valence-electron chi connectivity index (χ3n) is 1.77. The predicted octanol–water partition coefficient (Wildman–Crippen LogP) is 2.16. The summed E-state index contributed by atoms with van der Waals surface area (Å²) in [6, 6.07) is 1.55. The molecule has 16 heavy (non-hydrogen) atoms. The highest BCUT2D eigenvalue weighted by Crippen LogP contribution is 2.22. The smallest absolute Gasteiger partial charge is 0.348 e. The highest BCUT2D eigenvalue weighted by atomic mass is 32.1. The molecule has 0 aliphatic heterocycles. The van der Waals surface area contributed by atoms with Gasteiger partial charge in [-0.1, -0.05) is 0 Å². The first-order valence-electron chi connectivity index (χ1n) is 4.19. The van der Waals surface area contributed by atoms with E-state index in [9.17, 15) is 9.59 Å². The highest BCUT2D eigenvalue weighted by Gasteiger charge is 2.15. The van der Waals surface area contributed by atoms with Crippen molar-refractivity contribution >= 4 is 40.2 Å². The Labute approximate surface area is 98.4 Å². The zero-order chi connectivity index (χ0) is 11.5. The van der Waals surface area contributed by atoms with Gasteiger partial charge in [-0.3, -0.25) is 4.79 Å². The van der Waals surface area contributed by atoms with E-state index in [4.69, 9.17) is 5.11 Å². The summed E-state index contributed by atoms with van der Waals surface area (Å²) in [7, 11) is 0. The minimum absolute atomic E-state index is 0.114. The lowest BCUT2D eigenvalue weighted by Gasteiger charge is -2.01. The first kappa shape index (κ1) is 10.8. The second-order valence-corrected chi connectivity index (χ2v) is 4.43. The van der Waals surface area contributed by atoms with Gasteiger partial charge in [0.1, 0.15) is 10.6 Å². The van der Waals surface area contributed by atoms with Gasteiger partial charge in [0, 0.05) is 5.38 Å². The number of carboxylic acids is 1. The molecule has 0 saturated carbocycles. The summed E-state index contributed by atoms with van der Waals surface area (Å²) in [5, 5.41) is 14.6. The molecule has 0 fully saturated rings. The number of aromatic nitrogens is 1. The lowest BCUT2D eigenvalue weighted by Crippen LogP contribution is -2.13. The van der Waals surface area contributed by atoms with Crippen molar-refractivity contribution in [3.63, 3.8) is 0 Å². The van der Waals surface area contributed by atoms with E-state index in [0.29, 0.717) is 5.69 Å². The maximum atomic E-state index is 11.6. The van der Waals surface area contributed by atoms with Gasteiger partial charge >= 0.3 is 5.97 Å². The van der Waals surface area contributed by atoms with Gasteiger partial charge in [0.05, 0.1) is 11.2 Å². The van der Waals surface area contributed by atoms with Crippen LogP contribution in [0.4, 0.5) is 5.69 Å². The number of amides is 1. The fourth-order valence-corrected chi connectivity index (χ4v) is 2.30. The number of aromatic carboxylic acids is 1. The van der Waals surface area contributed by atoms with Gasteiger partial charge in [0.2, 0.25) is 0 Å². The van der Waals surface area contributed by atoms with Crippen molar-refractivity contribution in [2.24, 2.45) is 0 Å². The second kappa shape index (κ2) is 4.42. The van der Waals surface area contributed by atoms with Crippen LogP contribution in [-0.4, -0.2) is 22.0 Å². The number of carboxylic acid groups (broad SMARTS) is 1. The molecule has 1 amide bonds. The van der Waals surface area contributed by atoms with E-state index >= 15 is 0 Å². The average molecular weight is 254 g/mol. The number of carbonyl (C=O) groups is 2. The molecule has 5 nitrogen and oxygen atoms in total. The Morgan fingerprint density at radius 1 is 1.44 bits per heavy atom.